The lowest BCUT2D eigenvalue weighted by atomic mass is 9.90. The minimum Gasteiger partial charge on any atom is -0.320 e. The minimum atomic E-state index is 0.935. The van der Waals surface area contributed by atoms with Crippen LogP contribution in [0.4, 0.5) is 0 Å². The quantitative estimate of drug-likeness (QED) is 0.792. The summed E-state index contributed by atoms with van der Waals surface area (Å²) in [5, 5.41) is 3.28. The molecule has 2 rings (SSSR count). The third kappa shape index (κ3) is 3.45. The monoisotopic (exact) mass is 238 g/mol. The lowest BCUT2D eigenvalue weighted by Crippen LogP contribution is -2.43. The fourth-order valence-electron chi connectivity index (χ4n) is 3.90. The first-order valence-corrected chi connectivity index (χ1v) is 7.73. The molecule has 0 bridgehead atoms. The van der Waals surface area contributed by atoms with Crippen molar-refractivity contribution in [1.29, 1.82) is 0 Å². The van der Waals surface area contributed by atoms with Crippen LogP contribution < -0.4 is 5.32 Å². The third-order valence-corrected chi connectivity index (χ3v) is 5.06. The number of rotatable bonds is 5. The topological polar surface area (TPSA) is 15.3 Å². The standard InChI is InChI=1S/C15H30N2/c1-3-14-5-4-6-15(14)17-11-8-13(9-12-17)7-10-16-2/h13-16H,3-12H2,1-2H3. The first-order valence-electron chi connectivity index (χ1n) is 7.73. The fourth-order valence-corrected chi connectivity index (χ4v) is 3.90. The van der Waals surface area contributed by atoms with Crippen LogP contribution in [0.1, 0.15) is 51.9 Å². The van der Waals surface area contributed by atoms with Crippen LogP contribution in [0.25, 0.3) is 0 Å². The average Bonchev–Trinajstić information content (AvgIpc) is 2.85. The van der Waals surface area contributed by atoms with Crippen molar-refractivity contribution in [1.82, 2.24) is 10.2 Å². The molecule has 0 spiro atoms. The Morgan fingerprint density at radius 2 is 1.88 bits per heavy atom. The maximum absolute atomic E-state index is 3.28. The maximum Gasteiger partial charge on any atom is 0.0123 e. The van der Waals surface area contributed by atoms with Gasteiger partial charge in [-0.3, -0.25) is 0 Å². The molecule has 2 atom stereocenters. The molecule has 0 radical (unpaired) electrons. The van der Waals surface area contributed by atoms with Gasteiger partial charge in [-0.25, -0.2) is 0 Å². The van der Waals surface area contributed by atoms with Crippen LogP contribution in [0.5, 0.6) is 0 Å². The smallest absolute Gasteiger partial charge is 0.0123 e. The summed E-state index contributed by atoms with van der Waals surface area (Å²) >= 11 is 0. The molecule has 0 aromatic heterocycles. The van der Waals surface area contributed by atoms with Gasteiger partial charge in [-0.15, -0.1) is 0 Å². The SMILES string of the molecule is CCC1CCCC1N1CCC(CCNC)CC1. The van der Waals surface area contributed by atoms with Crippen LogP contribution in [0.2, 0.25) is 0 Å². The van der Waals surface area contributed by atoms with Crippen LogP contribution in [0, 0.1) is 11.8 Å². The van der Waals surface area contributed by atoms with Gasteiger partial charge in [0.1, 0.15) is 0 Å². The number of hydrogen-bond acceptors (Lipinski definition) is 2. The van der Waals surface area contributed by atoms with Crippen LogP contribution in [-0.2, 0) is 0 Å². The zero-order valence-corrected chi connectivity index (χ0v) is 11.8. The second-order valence-electron chi connectivity index (χ2n) is 6.04. The van der Waals surface area contributed by atoms with E-state index in [1.54, 1.807) is 0 Å². The van der Waals surface area contributed by atoms with E-state index in [0.29, 0.717) is 0 Å². The van der Waals surface area contributed by atoms with Crippen molar-refractivity contribution in [2.24, 2.45) is 11.8 Å². The van der Waals surface area contributed by atoms with E-state index in [2.05, 4.69) is 24.2 Å². The molecule has 2 aliphatic rings. The Balaban J connectivity index is 1.74. The molecular weight excluding hydrogens is 208 g/mol. The highest BCUT2D eigenvalue weighted by atomic mass is 15.2. The second kappa shape index (κ2) is 6.75. The number of hydrogen-bond donors (Lipinski definition) is 1. The lowest BCUT2D eigenvalue weighted by molar-refractivity contribution is 0.104. The van der Waals surface area contributed by atoms with Crippen molar-refractivity contribution in [3.63, 3.8) is 0 Å². The summed E-state index contributed by atoms with van der Waals surface area (Å²) in [6.45, 7) is 6.32. The van der Waals surface area contributed by atoms with Gasteiger partial charge >= 0.3 is 0 Å². The van der Waals surface area contributed by atoms with E-state index in [1.807, 2.05) is 0 Å². The first kappa shape index (κ1) is 13.4. The minimum absolute atomic E-state index is 0.935. The van der Waals surface area contributed by atoms with Gasteiger partial charge in [-0.2, -0.15) is 0 Å². The largest absolute Gasteiger partial charge is 0.320 e. The van der Waals surface area contributed by atoms with Gasteiger partial charge in [0.05, 0.1) is 0 Å². The van der Waals surface area contributed by atoms with Crippen LogP contribution >= 0.6 is 0 Å². The molecule has 2 nitrogen and oxygen atoms in total. The summed E-state index contributed by atoms with van der Waals surface area (Å²) in [5.74, 6) is 1.99. The zero-order chi connectivity index (χ0) is 12.1. The van der Waals surface area contributed by atoms with E-state index in [0.717, 1.165) is 17.9 Å². The van der Waals surface area contributed by atoms with Crippen molar-refractivity contribution in [3.8, 4) is 0 Å². The Hall–Kier alpha value is -0.0800. The summed E-state index contributed by atoms with van der Waals surface area (Å²) in [6.07, 6.45) is 10.1. The normalized spacial score (nSPS) is 32.1. The van der Waals surface area contributed by atoms with Crippen molar-refractivity contribution < 1.29 is 0 Å². The van der Waals surface area contributed by atoms with E-state index < -0.39 is 0 Å². The van der Waals surface area contributed by atoms with E-state index >= 15 is 0 Å². The number of nitrogens with zero attached hydrogens (tertiary/aromatic N) is 1. The molecule has 2 fully saturated rings. The van der Waals surface area contributed by atoms with Crippen molar-refractivity contribution in [2.75, 3.05) is 26.7 Å². The Morgan fingerprint density at radius 1 is 1.12 bits per heavy atom. The van der Waals surface area contributed by atoms with Gasteiger partial charge in [0.2, 0.25) is 0 Å². The Kier molecular flexibility index (Phi) is 5.30. The molecule has 100 valence electrons. The second-order valence-corrected chi connectivity index (χ2v) is 6.04. The van der Waals surface area contributed by atoms with Gasteiger partial charge in [0.15, 0.2) is 0 Å². The predicted octanol–water partition coefficient (Wildman–Crippen LogP) is 2.89. The lowest BCUT2D eigenvalue weighted by Gasteiger charge is -2.38. The summed E-state index contributed by atoms with van der Waals surface area (Å²) in [5.41, 5.74) is 0. The predicted molar refractivity (Wildman–Crippen MR) is 74.3 cm³/mol. The molecule has 0 aromatic rings. The van der Waals surface area contributed by atoms with E-state index in [9.17, 15) is 0 Å². The number of piperidine rings is 1. The van der Waals surface area contributed by atoms with Gasteiger partial charge in [0.25, 0.3) is 0 Å². The summed E-state index contributed by atoms with van der Waals surface area (Å²) in [7, 11) is 2.07. The highest BCUT2D eigenvalue weighted by molar-refractivity contribution is 4.87. The molecule has 2 unspecified atom stereocenters. The number of likely N-dealkylation sites (tertiary alicyclic amines) is 1. The molecule has 0 amide bonds. The highest BCUT2D eigenvalue weighted by Gasteiger charge is 2.32. The average molecular weight is 238 g/mol. The summed E-state index contributed by atoms with van der Waals surface area (Å²) in [6, 6.07) is 0.935. The highest BCUT2D eigenvalue weighted by Crippen LogP contribution is 2.34. The van der Waals surface area contributed by atoms with E-state index in [4.69, 9.17) is 0 Å². The Labute approximate surface area is 107 Å². The third-order valence-electron chi connectivity index (χ3n) is 5.06. The Morgan fingerprint density at radius 3 is 2.53 bits per heavy atom. The van der Waals surface area contributed by atoms with Crippen LogP contribution in [-0.4, -0.2) is 37.6 Å². The van der Waals surface area contributed by atoms with Gasteiger partial charge in [0, 0.05) is 6.04 Å². The molecule has 1 aliphatic heterocycles. The van der Waals surface area contributed by atoms with Crippen molar-refractivity contribution in [2.45, 2.75) is 57.9 Å². The fraction of sp³-hybridized carbons (Fsp3) is 1.00. The molecule has 1 heterocycles. The molecular formula is C15H30N2. The molecule has 1 saturated carbocycles. The number of nitrogens with one attached hydrogen (secondary N) is 1. The maximum atomic E-state index is 3.28. The van der Waals surface area contributed by atoms with Crippen molar-refractivity contribution >= 4 is 0 Å². The Bertz CT molecular complexity index is 209. The molecule has 2 heteroatoms. The molecule has 17 heavy (non-hydrogen) atoms. The van der Waals surface area contributed by atoms with E-state index in [-0.39, 0.29) is 0 Å². The van der Waals surface area contributed by atoms with Crippen molar-refractivity contribution in [3.05, 3.63) is 0 Å². The molecule has 1 aliphatic carbocycles. The summed E-state index contributed by atoms with van der Waals surface area (Å²) < 4.78 is 0. The molecule has 0 aromatic carbocycles. The van der Waals surface area contributed by atoms with E-state index in [1.165, 1.54) is 64.6 Å². The van der Waals surface area contributed by atoms with Crippen LogP contribution in [0.15, 0.2) is 0 Å². The van der Waals surface area contributed by atoms with Gasteiger partial charge in [-0.1, -0.05) is 19.8 Å². The molecule has 1 saturated heterocycles. The van der Waals surface area contributed by atoms with Crippen LogP contribution in [0.3, 0.4) is 0 Å². The zero-order valence-electron chi connectivity index (χ0n) is 11.8. The summed E-state index contributed by atoms with van der Waals surface area (Å²) in [4.78, 5) is 2.82. The molecule has 1 N–H and O–H groups in total. The van der Waals surface area contributed by atoms with Gasteiger partial charge < -0.3 is 10.2 Å². The first-order chi connectivity index (χ1) is 8.35. The van der Waals surface area contributed by atoms with Gasteiger partial charge in [-0.05, 0) is 70.6 Å².